The highest BCUT2D eigenvalue weighted by molar-refractivity contribution is 7.98. The molecule has 1 aromatic carbocycles. The number of hydroxylamine groups is 2. The van der Waals surface area contributed by atoms with E-state index in [-0.39, 0.29) is 18.2 Å². The van der Waals surface area contributed by atoms with E-state index in [1.807, 2.05) is 52.0 Å². The molecule has 1 aromatic heterocycles. The molecule has 2 aliphatic rings. The number of hydrogen-bond acceptors (Lipinski definition) is 6. The van der Waals surface area contributed by atoms with Crippen LogP contribution in [0.2, 0.25) is 0 Å². The van der Waals surface area contributed by atoms with Gasteiger partial charge in [0.15, 0.2) is 0 Å². The first-order chi connectivity index (χ1) is 14.6. The highest BCUT2D eigenvalue weighted by Gasteiger charge is 2.52. The van der Waals surface area contributed by atoms with Crippen molar-refractivity contribution < 1.29 is 19.1 Å². The third-order valence-corrected chi connectivity index (χ3v) is 6.19. The van der Waals surface area contributed by atoms with Crippen LogP contribution in [0.15, 0.2) is 24.3 Å². The molecule has 2 aliphatic heterocycles. The SMILES string of the molecule is CSCON1CCc2c([nH]c3ccccc23)C1[C@H]1COC(C)(C)N1C(=O)OC(C)(C)C. The van der Waals surface area contributed by atoms with Crippen LogP contribution in [0.5, 0.6) is 0 Å². The van der Waals surface area contributed by atoms with Crippen LogP contribution in [-0.2, 0) is 20.7 Å². The van der Waals surface area contributed by atoms with Gasteiger partial charge in [0, 0.05) is 23.1 Å². The number of benzene rings is 1. The molecule has 0 spiro atoms. The fraction of sp³-hybridized carbons (Fsp3) is 0.609. The van der Waals surface area contributed by atoms with Crippen molar-refractivity contribution in [3.8, 4) is 0 Å². The number of amides is 1. The molecule has 7 nitrogen and oxygen atoms in total. The minimum atomic E-state index is -0.776. The van der Waals surface area contributed by atoms with E-state index in [0.29, 0.717) is 12.5 Å². The van der Waals surface area contributed by atoms with Crippen molar-refractivity contribution in [2.24, 2.45) is 0 Å². The maximum atomic E-state index is 13.3. The van der Waals surface area contributed by atoms with Crippen molar-refractivity contribution in [3.05, 3.63) is 35.5 Å². The lowest BCUT2D eigenvalue weighted by atomic mass is 9.93. The number of H-pyrrole nitrogens is 1. The smallest absolute Gasteiger partial charge is 0.412 e. The number of hydrogen-bond donors (Lipinski definition) is 1. The highest BCUT2D eigenvalue weighted by atomic mass is 32.2. The Morgan fingerprint density at radius 1 is 1.32 bits per heavy atom. The third-order valence-electron chi connectivity index (χ3n) is 5.85. The van der Waals surface area contributed by atoms with Gasteiger partial charge < -0.3 is 14.5 Å². The first-order valence-corrected chi connectivity index (χ1v) is 12.2. The summed E-state index contributed by atoms with van der Waals surface area (Å²) in [5.41, 5.74) is 2.12. The quantitative estimate of drug-likeness (QED) is 0.686. The van der Waals surface area contributed by atoms with Crippen LogP contribution < -0.4 is 0 Å². The van der Waals surface area contributed by atoms with E-state index < -0.39 is 11.3 Å². The van der Waals surface area contributed by atoms with Crippen molar-refractivity contribution in [1.82, 2.24) is 14.9 Å². The molecule has 1 fully saturated rings. The molecule has 0 bridgehead atoms. The summed E-state index contributed by atoms with van der Waals surface area (Å²) in [5.74, 6) is 0.551. The molecular weight excluding hydrogens is 414 g/mol. The maximum absolute atomic E-state index is 13.3. The van der Waals surface area contributed by atoms with Gasteiger partial charge in [0.25, 0.3) is 0 Å². The zero-order chi connectivity index (χ0) is 22.4. The predicted octanol–water partition coefficient (Wildman–Crippen LogP) is 4.69. The number of nitrogens with one attached hydrogen (secondary N) is 1. The number of carbonyl (C=O) groups excluding carboxylic acids is 1. The molecule has 0 saturated carbocycles. The van der Waals surface area contributed by atoms with E-state index >= 15 is 0 Å². The van der Waals surface area contributed by atoms with E-state index in [1.165, 1.54) is 10.9 Å². The van der Waals surface area contributed by atoms with E-state index in [4.69, 9.17) is 14.3 Å². The zero-order valence-corrected chi connectivity index (χ0v) is 20.0. The van der Waals surface area contributed by atoms with Crippen LogP contribution in [-0.4, -0.2) is 63.8 Å². The van der Waals surface area contributed by atoms with Crippen LogP contribution in [0.3, 0.4) is 0 Å². The molecule has 31 heavy (non-hydrogen) atoms. The number of ether oxygens (including phenoxy) is 2. The van der Waals surface area contributed by atoms with Gasteiger partial charge in [-0.3, -0.25) is 9.74 Å². The highest BCUT2D eigenvalue weighted by Crippen LogP contribution is 2.43. The molecule has 4 rings (SSSR count). The van der Waals surface area contributed by atoms with Gasteiger partial charge in [-0.25, -0.2) is 4.79 Å². The Hall–Kier alpha value is -1.74. The van der Waals surface area contributed by atoms with Crippen molar-refractivity contribution in [3.63, 3.8) is 0 Å². The molecule has 1 unspecified atom stereocenters. The van der Waals surface area contributed by atoms with Gasteiger partial charge in [0.2, 0.25) is 0 Å². The topological polar surface area (TPSA) is 67.0 Å². The standard InChI is InChI=1S/C23H33N3O4S/c1-22(2,3)30-21(27)26-18(13-28-23(26,4)5)20-19-16(11-12-25(20)29-14-31-6)15-9-7-8-10-17(15)24-19/h7-10,18,20,24H,11-14H2,1-6H3/t18-,20?/m1/s1. The lowest BCUT2D eigenvalue weighted by molar-refractivity contribution is -0.188. The number of thioether (sulfide) groups is 1. The summed E-state index contributed by atoms with van der Waals surface area (Å²) in [7, 11) is 0. The molecule has 1 N–H and O–H groups in total. The lowest BCUT2D eigenvalue weighted by Gasteiger charge is -2.42. The second-order valence-corrected chi connectivity index (χ2v) is 10.4. The number of fused-ring (bicyclic) bond motifs is 3. The van der Waals surface area contributed by atoms with Gasteiger partial charge in [0.05, 0.1) is 18.7 Å². The van der Waals surface area contributed by atoms with Gasteiger partial charge in [-0.1, -0.05) is 18.2 Å². The average Bonchev–Trinajstić information content (AvgIpc) is 3.21. The summed E-state index contributed by atoms with van der Waals surface area (Å²) in [5, 5.41) is 3.25. The van der Waals surface area contributed by atoms with E-state index in [2.05, 4.69) is 23.2 Å². The molecule has 3 heterocycles. The first kappa shape index (κ1) is 22.5. The Kier molecular flexibility index (Phi) is 6.02. The van der Waals surface area contributed by atoms with Crippen molar-refractivity contribution in [1.29, 1.82) is 0 Å². The van der Waals surface area contributed by atoms with Crippen LogP contribution in [0.4, 0.5) is 4.79 Å². The molecule has 8 heteroatoms. The van der Waals surface area contributed by atoms with Gasteiger partial charge in [0.1, 0.15) is 17.3 Å². The number of nitrogens with zero attached hydrogens (tertiary/aromatic N) is 2. The minimum absolute atomic E-state index is 0.183. The van der Waals surface area contributed by atoms with Crippen LogP contribution >= 0.6 is 11.8 Å². The van der Waals surface area contributed by atoms with Gasteiger partial charge >= 0.3 is 6.09 Å². The van der Waals surface area contributed by atoms with E-state index in [1.54, 1.807) is 16.7 Å². The molecule has 2 aromatic rings. The molecule has 0 aliphatic carbocycles. The third kappa shape index (κ3) is 4.31. The first-order valence-electron chi connectivity index (χ1n) is 10.8. The molecular formula is C23H33N3O4S. The summed E-state index contributed by atoms with van der Waals surface area (Å²) in [6.45, 7) is 10.6. The monoisotopic (exact) mass is 447 g/mol. The molecule has 1 amide bonds. The van der Waals surface area contributed by atoms with Crippen molar-refractivity contribution in [2.75, 3.05) is 25.3 Å². The normalized spacial score (nSPS) is 23.9. The molecule has 170 valence electrons. The summed E-state index contributed by atoms with van der Waals surface area (Å²) in [6, 6.07) is 7.92. The Morgan fingerprint density at radius 3 is 2.77 bits per heavy atom. The fourth-order valence-corrected chi connectivity index (χ4v) is 4.87. The van der Waals surface area contributed by atoms with Gasteiger partial charge in [-0.05, 0) is 58.9 Å². The predicted molar refractivity (Wildman–Crippen MR) is 123 cm³/mol. The largest absolute Gasteiger partial charge is 0.444 e. The van der Waals surface area contributed by atoms with Crippen LogP contribution in [0.25, 0.3) is 10.9 Å². The zero-order valence-electron chi connectivity index (χ0n) is 19.2. The minimum Gasteiger partial charge on any atom is -0.444 e. The summed E-state index contributed by atoms with van der Waals surface area (Å²) in [6.07, 6.45) is 2.53. The Balaban J connectivity index is 1.77. The number of aromatic nitrogens is 1. The van der Waals surface area contributed by atoms with Gasteiger partial charge in [-0.15, -0.1) is 11.8 Å². The summed E-state index contributed by atoms with van der Waals surface area (Å²) < 4.78 is 11.9. The number of carbonyl (C=O) groups is 1. The molecule has 0 radical (unpaired) electrons. The van der Waals surface area contributed by atoms with E-state index in [0.717, 1.165) is 24.2 Å². The number of para-hydroxylation sites is 1. The Morgan fingerprint density at radius 2 is 2.06 bits per heavy atom. The summed E-state index contributed by atoms with van der Waals surface area (Å²) >= 11 is 1.63. The number of rotatable bonds is 4. The number of aromatic amines is 1. The second kappa shape index (κ2) is 8.31. The fourth-order valence-electron chi connectivity index (χ4n) is 4.63. The van der Waals surface area contributed by atoms with Gasteiger partial charge in [-0.2, -0.15) is 5.06 Å². The second-order valence-electron chi connectivity index (χ2n) is 9.61. The van der Waals surface area contributed by atoms with Crippen molar-refractivity contribution in [2.45, 2.75) is 64.4 Å². The van der Waals surface area contributed by atoms with Crippen LogP contribution in [0.1, 0.15) is 51.9 Å². The van der Waals surface area contributed by atoms with Crippen LogP contribution in [0, 0.1) is 0 Å². The van der Waals surface area contributed by atoms with E-state index in [9.17, 15) is 4.79 Å². The maximum Gasteiger partial charge on any atom is 0.412 e. The lowest BCUT2D eigenvalue weighted by Crippen LogP contribution is -2.55. The Bertz CT molecular complexity index is 952. The summed E-state index contributed by atoms with van der Waals surface area (Å²) in [4.78, 5) is 24.8. The van der Waals surface area contributed by atoms with Crippen molar-refractivity contribution >= 4 is 28.8 Å². The Labute approximate surface area is 188 Å². The average molecular weight is 448 g/mol. The molecule has 1 saturated heterocycles. The molecule has 2 atom stereocenters.